The molecule has 1 aliphatic rings. The molecule has 0 atom stereocenters. The van der Waals surface area contributed by atoms with Gasteiger partial charge in [-0.25, -0.2) is 13.2 Å². The van der Waals surface area contributed by atoms with E-state index in [2.05, 4.69) is 0 Å². The zero-order chi connectivity index (χ0) is 23.0. The summed E-state index contributed by atoms with van der Waals surface area (Å²) in [5.74, 6) is -0.924. The summed E-state index contributed by atoms with van der Waals surface area (Å²) < 4.78 is 32.2. The number of amides is 1. The summed E-state index contributed by atoms with van der Waals surface area (Å²) in [7, 11) is -1.84. The van der Waals surface area contributed by atoms with Crippen LogP contribution in [0.25, 0.3) is 6.08 Å². The van der Waals surface area contributed by atoms with Crippen LogP contribution in [0.1, 0.15) is 36.1 Å². The highest BCUT2D eigenvalue weighted by atomic mass is 32.2. The van der Waals surface area contributed by atoms with Crippen LogP contribution >= 0.6 is 11.3 Å². The number of hydrogen-bond donors (Lipinski definition) is 0. The molecule has 1 fully saturated rings. The number of rotatable bonds is 8. The van der Waals surface area contributed by atoms with Crippen LogP contribution in [0.4, 0.5) is 0 Å². The monoisotopic (exact) mass is 476 g/mol. The third-order valence-electron chi connectivity index (χ3n) is 5.23. The maximum absolute atomic E-state index is 12.8. The van der Waals surface area contributed by atoms with E-state index in [-0.39, 0.29) is 17.4 Å². The number of benzene rings is 1. The van der Waals surface area contributed by atoms with Crippen molar-refractivity contribution in [3.05, 3.63) is 58.3 Å². The minimum atomic E-state index is -3.50. The van der Waals surface area contributed by atoms with E-state index >= 15 is 0 Å². The Morgan fingerprint density at radius 3 is 2.41 bits per heavy atom. The van der Waals surface area contributed by atoms with E-state index in [1.54, 1.807) is 47.0 Å². The normalized spacial score (nSPS) is 15.4. The molecular weight excluding hydrogens is 448 g/mol. The minimum absolute atomic E-state index is 0.249. The van der Waals surface area contributed by atoms with E-state index in [1.165, 1.54) is 17.1 Å². The Morgan fingerprint density at radius 1 is 1.09 bits per heavy atom. The lowest BCUT2D eigenvalue weighted by molar-refractivity contribution is -0.147. The Bertz CT molecular complexity index is 1020. The number of thiophene rings is 1. The second kappa shape index (κ2) is 11.4. The van der Waals surface area contributed by atoms with Crippen molar-refractivity contribution in [1.29, 1.82) is 0 Å². The Kier molecular flexibility index (Phi) is 8.60. The molecule has 0 N–H and O–H groups in total. The van der Waals surface area contributed by atoms with Crippen LogP contribution in [0.15, 0.2) is 52.7 Å². The van der Waals surface area contributed by atoms with Gasteiger partial charge in [0.2, 0.25) is 10.0 Å². The van der Waals surface area contributed by atoms with Crippen LogP contribution in [0.5, 0.6) is 0 Å². The molecular formula is C23H28N2O5S2. The molecule has 0 spiro atoms. The van der Waals surface area contributed by atoms with Crippen LogP contribution < -0.4 is 0 Å². The fourth-order valence-electron chi connectivity index (χ4n) is 3.36. The summed E-state index contributed by atoms with van der Waals surface area (Å²) in [4.78, 5) is 26.8. The highest BCUT2D eigenvalue weighted by Gasteiger charge is 2.24. The topological polar surface area (TPSA) is 84.0 Å². The summed E-state index contributed by atoms with van der Waals surface area (Å²) >= 11 is 1.56. The molecule has 0 aliphatic carbocycles. The van der Waals surface area contributed by atoms with Crippen molar-refractivity contribution in [2.45, 2.75) is 37.1 Å². The number of carbonyl (C=O) groups excluding carboxylic acids is 2. The highest BCUT2D eigenvalue weighted by molar-refractivity contribution is 7.89. The lowest BCUT2D eigenvalue weighted by Crippen LogP contribution is -2.31. The molecule has 9 heteroatoms. The average Bonchev–Trinajstić information content (AvgIpc) is 3.14. The van der Waals surface area contributed by atoms with Gasteiger partial charge in [-0.15, -0.1) is 11.3 Å². The van der Waals surface area contributed by atoms with Gasteiger partial charge in [0.15, 0.2) is 6.61 Å². The van der Waals surface area contributed by atoms with Gasteiger partial charge < -0.3 is 9.64 Å². The van der Waals surface area contributed by atoms with Crippen LogP contribution in [0.3, 0.4) is 0 Å². The van der Waals surface area contributed by atoms with Gasteiger partial charge in [0.1, 0.15) is 0 Å². The molecule has 1 aromatic heterocycles. The van der Waals surface area contributed by atoms with E-state index in [4.69, 9.17) is 4.74 Å². The predicted octanol–water partition coefficient (Wildman–Crippen LogP) is 3.53. The predicted molar refractivity (Wildman–Crippen MR) is 124 cm³/mol. The molecule has 172 valence electrons. The van der Waals surface area contributed by atoms with Crippen molar-refractivity contribution in [3.8, 4) is 0 Å². The molecule has 2 aromatic rings. The summed E-state index contributed by atoms with van der Waals surface area (Å²) in [6.45, 7) is 1.24. The summed E-state index contributed by atoms with van der Waals surface area (Å²) in [6.07, 6.45) is 6.64. The Morgan fingerprint density at radius 2 is 1.78 bits per heavy atom. The van der Waals surface area contributed by atoms with Gasteiger partial charge in [0, 0.05) is 31.1 Å². The summed E-state index contributed by atoms with van der Waals surface area (Å²) in [5.41, 5.74) is 0.665. The molecule has 1 amide bonds. The molecule has 0 unspecified atom stereocenters. The number of likely N-dealkylation sites (N-methyl/N-ethyl adjacent to an activating group) is 1. The molecule has 1 saturated heterocycles. The SMILES string of the molecule is CN(Cc1cccs1)C(=O)COC(=O)/C=C/c1ccc(S(=O)(=O)N2CCCCCC2)cc1. The lowest BCUT2D eigenvalue weighted by atomic mass is 10.2. The van der Waals surface area contributed by atoms with Crippen molar-refractivity contribution in [2.75, 3.05) is 26.7 Å². The van der Waals surface area contributed by atoms with E-state index in [0.717, 1.165) is 30.6 Å². The van der Waals surface area contributed by atoms with Gasteiger partial charge >= 0.3 is 5.97 Å². The number of esters is 1. The fourth-order valence-corrected chi connectivity index (χ4v) is 5.64. The van der Waals surface area contributed by atoms with Crippen LogP contribution in [-0.4, -0.2) is 56.2 Å². The second-order valence-corrected chi connectivity index (χ2v) is 10.6. The van der Waals surface area contributed by atoms with E-state index in [9.17, 15) is 18.0 Å². The smallest absolute Gasteiger partial charge is 0.331 e. The Labute approximate surface area is 193 Å². The number of ether oxygens (including phenoxy) is 1. The number of sulfonamides is 1. The number of nitrogens with zero attached hydrogens (tertiary/aromatic N) is 2. The molecule has 3 rings (SSSR count). The molecule has 0 bridgehead atoms. The van der Waals surface area contributed by atoms with Gasteiger partial charge in [0.25, 0.3) is 5.91 Å². The van der Waals surface area contributed by atoms with Crippen molar-refractivity contribution in [1.82, 2.24) is 9.21 Å². The minimum Gasteiger partial charge on any atom is -0.452 e. The lowest BCUT2D eigenvalue weighted by Gasteiger charge is -2.19. The number of hydrogen-bond acceptors (Lipinski definition) is 6. The summed E-state index contributed by atoms with van der Waals surface area (Å²) in [6, 6.07) is 10.2. The standard InChI is InChI=1S/C23H28N2O5S2/c1-24(17-20-7-6-16-31-20)22(26)18-30-23(27)13-10-19-8-11-21(12-9-19)32(28,29)25-14-4-2-3-5-15-25/h6-13,16H,2-5,14-15,17-18H2,1H3/b13-10+. The molecule has 32 heavy (non-hydrogen) atoms. The van der Waals surface area contributed by atoms with Crippen LogP contribution in [-0.2, 0) is 30.9 Å². The second-order valence-electron chi connectivity index (χ2n) is 7.66. The maximum atomic E-state index is 12.8. The molecule has 0 radical (unpaired) electrons. The molecule has 0 saturated carbocycles. The van der Waals surface area contributed by atoms with Crippen molar-refractivity contribution in [3.63, 3.8) is 0 Å². The summed E-state index contributed by atoms with van der Waals surface area (Å²) in [5, 5.41) is 1.94. The first-order valence-electron chi connectivity index (χ1n) is 10.6. The first-order chi connectivity index (χ1) is 15.4. The molecule has 1 aromatic carbocycles. The Balaban J connectivity index is 1.50. The van der Waals surface area contributed by atoms with Gasteiger partial charge in [-0.2, -0.15) is 4.31 Å². The van der Waals surface area contributed by atoms with Crippen LogP contribution in [0.2, 0.25) is 0 Å². The first-order valence-corrected chi connectivity index (χ1v) is 12.9. The molecule has 2 heterocycles. The van der Waals surface area contributed by atoms with Gasteiger partial charge in [-0.1, -0.05) is 31.0 Å². The first kappa shape index (κ1) is 24.2. The molecule has 7 nitrogen and oxygen atoms in total. The maximum Gasteiger partial charge on any atom is 0.331 e. The van der Waals surface area contributed by atoms with E-state index < -0.39 is 16.0 Å². The van der Waals surface area contributed by atoms with E-state index in [1.807, 2.05) is 17.5 Å². The van der Waals surface area contributed by atoms with Crippen LogP contribution in [0, 0.1) is 0 Å². The zero-order valence-corrected chi connectivity index (χ0v) is 19.7. The third-order valence-corrected chi connectivity index (χ3v) is 8.01. The van der Waals surface area contributed by atoms with E-state index in [0.29, 0.717) is 25.2 Å². The number of carbonyl (C=O) groups is 2. The Hall–Kier alpha value is -2.49. The quantitative estimate of drug-likeness (QED) is 0.430. The van der Waals surface area contributed by atoms with Crippen molar-refractivity contribution < 1.29 is 22.7 Å². The van der Waals surface area contributed by atoms with Crippen molar-refractivity contribution >= 4 is 39.3 Å². The van der Waals surface area contributed by atoms with Gasteiger partial charge in [0.05, 0.1) is 11.4 Å². The van der Waals surface area contributed by atoms with Crippen molar-refractivity contribution in [2.24, 2.45) is 0 Å². The highest BCUT2D eigenvalue weighted by Crippen LogP contribution is 2.21. The van der Waals surface area contributed by atoms with Gasteiger partial charge in [-0.3, -0.25) is 4.79 Å². The molecule has 1 aliphatic heterocycles. The third kappa shape index (κ3) is 6.75. The zero-order valence-electron chi connectivity index (χ0n) is 18.1. The fraction of sp³-hybridized carbons (Fsp3) is 0.391. The largest absolute Gasteiger partial charge is 0.452 e. The van der Waals surface area contributed by atoms with Gasteiger partial charge in [-0.05, 0) is 48.1 Å². The average molecular weight is 477 g/mol.